The smallest absolute Gasteiger partial charge is 0.438 e. The van der Waals surface area contributed by atoms with Crippen LogP contribution < -0.4 is 4.74 Å². The van der Waals surface area contributed by atoms with Gasteiger partial charge in [-0.2, -0.15) is 26.3 Å². The van der Waals surface area contributed by atoms with Crippen LogP contribution in [0.25, 0.3) is 5.57 Å². The summed E-state index contributed by atoms with van der Waals surface area (Å²) >= 11 is 0. The predicted octanol–water partition coefficient (Wildman–Crippen LogP) is 4.90. The molecule has 2 rings (SSSR count). The van der Waals surface area contributed by atoms with Crippen LogP contribution in [0.5, 0.6) is 5.75 Å². The Kier molecular flexibility index (Phi) is 8.78. The number of benzene rings is 2. The number of allylic oxidation sites excluding steroid dienone is 2. The second-order valence-corrected chi connectivity index (χ2v) is 7.23. The lowest BCUT2D eigenvalue weighted by atomic mass is 10.0. The van der Waals surface area contributed by atoms with E-state index in [4.69, 9.17) is 9.84 Å². The van der Waals surface area contributed by atoms with E-state index in [0.29, 0.717) is 33.6 Å². The third-order valence-corrected chi connectivity index (χ3v) is 4.92. The van der Waals surface area contributed by atoms with Crippen LogP contribution >= 0.6 is 0 Å². The van der Waals surface area contributed by atoms with Crippen molar-refractivity contribution in [2.45, 2.75) is 51.1 Å². The average molecular weight is 488 g/mol. The molecule has 0 unspecified atom stereocenters. The molecule has 0 aliphatic heterocycles. The van der Waals surface area contributed by atoms with Gasteiger partial charge in [-0.05, 0) is 64.4 Å². The molecule has 0 bridgehead atoms. The zero-order valence-corrected chi connectivity index (χ0v) is 18.0. The van der Waals surface area contributed by atoms with Crippen LogP contribution in [0.3, 0.4) is 0 Å². The third-order valence-electron chi connectivity index (χ3n) is 4.92. The predicted molar refractivity (Wildman–Crippen MR) is 112 cm³/mol. The van der Waals surface area contributed by atoms with Gasteiger partial charge in [-0.3, -0.25) is 0 Å². The maximum atomic E-state index is 12.8. The van der Waals surface area contributed by atoms with Crippen molar-refractivity contribution < 1.29 is 46.4 Å². The Morgan fingerprint density at radius 1 is 0.941 bits per heavy atom. The normalized spacial score (nSPS) is 12.8. The van der Waals surface area contributed by atoms with E-state index in [1.165, 1.54) is 0 Å². The minimum atomic E-state index is -6.02. The Morgan fingerprint density at radius 3 is 2.15 bits per heavy atom. The summed E-state index contributed by atoms with van der Waals surface area (Å²) in [7, 11) is 0. The highest BCUT2D eigenvalue weighted by Crippen LogP contribution is 2.42. The molecule has 0 radical (unpaired) electrons. The molecule has 0 heterocycles. The van der Waals surface area contributed by atoms with Crippen LogP contribution in [0.2, 0.25) is 0 Å². The van der Waals surface area contributed by atoms with Gasteiger partial charge in [0, 0.05) is 0 Å². The van der Waals surface area contributed by atoms with Crippen LogP contribution in [0, 0.1) is 11.8 Å². The number of hydrogen-bond donors (Lipinski definition) is 3. The van der Waals surface area contributed by atoms with Crippen LogP contribution in [0.4, 0.5) is 26.3 Å². The van der Waals surface area contributed by atoms with Gasteiger partial charge in [0.25, 0.3) is 0 Å². The molecule has 4 nitrogen and oxygen atoms in total. The van der Waals surface area contributed by atoms with Gasteiger partial charge in [-0.25, -0.2) is 0 Å². The first kappa shape index (κ1) is 27.2. The van der Waals surface area contributed by atoms with Crippen molar-refractivity contribution in [3.63, 3.8) is 0 Å². The number of ether oxygens (including phenoxy) is 1. The van der Waals surface area contributed by atoms with Crippen molar-refractivity contribution in [2.24, 2.45) is 0 Å². The summed E-state index contributed by atoms with van der Waals surface area (Å²) in [6.45, 7) is 1.26. The van der Waals surface area contributed by atoms with E-state index >= 15 is 0 Å². The van der Waals surface area contributed by atoms with E-state index in [1.54, 1.807) is 55.3 Å². The van der Waals surface area contributed by atoms with Crippen molar-refractivity contribution in [3.05, 3.63) is 70.8 Å². The number of alkyl halides is 6. The topological polar surface area (TPSA) is 69.9 Å². The fourth-order valence-corrected chi connectivity index (χ4v) is 2.94. The molecule has 0 atom stereocenters. The second kappa shape index (κ2) is 11.0. The molecule has 184 valence electrons. The lowest BCUT2D eigenvalue weighted by Gasteiger charge is -2.27. The molecule has 0 saturated heterocycles. The number of aliphatic hydroxyl groups excluding tert-OH is 2. The number of rotatable bonds is 7. The Balaban J connectivity index is 2.25. The second-order valence-electron chi connectivity index (χ2n) is 7.23. The molecule has 0 aliphatic carbocycles. The van der Waals surface area contributed by atoms with Crippen molar-refractivity contribution in [1.29, 1.82) is 0 Å². The SMILES string of the molecule is CCC(=CC#CC(O)(C(F)(F)F)C(F)(F)F)c1cccc(OCc2ccc(CO)c(CO)c2)c1. The minimum Gasteiger partial charge on any atom is -0.489 e. The van der Waals surface area contributed by atoms with E-state index in [-0.39, 0.29) is 26.2 Å². The first-order valence-corrected chi connectivity index (χ1v) is 9.99. The van der Waals surface area contributed by atoms with Crippen LogP contribution in [-0.2, 0) is 19.8 Å². The third kappa shape index (κ3) is 6.32. The molecule has 2 aromatic carbocycles. The minimum absolute atomic E-state index is 0.108. The van der Waals surface area contributed by atoms with Crippen molar-refractivity contribution in [1.82, 2.24) is 0 Å². The van der Waals surface area contributed by atoms with Gasteiger partial charge in [0.1, 0.15) is 12.4 Å². The zero-order chi connectivity index (χ0) is 25.6. The van der Waals surface area contributed by atoms with E-state index < -0.39 is 18.0 Å². The van der Waals surface area contributed by atoms with Gasteiger partial charge in [0.15, 0.2) is 0 Å². The molecule has 0 aromatic heterocycles. The van der Waals surface area contributed by atoms with Crippen LogP contribution in [0.1, 0.15) is 35.6 Å². The number of aliphatic hydroxyl groups is 3. The highest BCUT2D eigenvalue weighted by atomic mass is 19.4. The van der Waals surface area contributed by atoms with Crippen molar-refractivity contribution >= 4 is 5.57 Å². The molecular weight excluding hydrogens is 466 g/mol. The van der Waals surface area contributed by atoms with Gasteiger partial charge in [-0.1, -0.05) is 37.1 Å². The number of halogens is 6. The van der Waals surface area contributed by atoms with Gasteiger partial charge in [-0.15, -0.1) is 0 Å². The Bertz CT molecular complexity index is 1060. The van der Waals surface area contributed by atoms with E-state index in [2.05, 4.69) is 0 Å². The maximum absolute atomic E-state index is 12.8. The van der Waals surface area contributed by atoms with Crippen molar-refractivity contribution in [2.75, 3.05) is 0 Å². The molecule has 0 spiro atoms. The Labute approximate surface area is 192 Å². The van der Waals surface area contributed by atoms with Gasteiger partial charge < -0.3 is 20.1 Å². The summed E-state index contributed by atoms with van der Waals surface area (Å²) in [5.41, 5.74) is -2.51. The van der Waals surface area contributed by atoms with Crippen LogP contribution in [0.15, 0.2) is 48.5 Å². The van der Waals surface area contributed by atoms with Gasteiger partial charge in [0.2, 0.25) is 0 Å². The quantitative estimate of drug-likeness (QED) is 0.383. The Hall–Kier alpha value is -3.00. The molecule has 0 aliphatic rings. The highest BCUT2D eigenvalue weighted by molar-refractivity contribution is 5.69. The molecule has 0 saturated carbocycles. The largest absolute Gasteiger partial charge is 0.489 e. The fourth-order valence-electron chi connectivity index (χ4n) is 2.94. The van der Waals surface area contributed by atoms with E-state index in [0.717, 1.165) is 12.0 Å². The Morgan fingerprint density at radius 2 is 1.59 bits per heavy atom. The number of hydrogen-bond acceptors (Lipinski definition) is 4. The summed E-state index contributed by atoms with van der Waals surface area (Å²) in [5, 5.41) is 27.8. The fraction of sp³-hybridized carbons (Fsp3) is 0.333. The molecule has 2 aromatic rings. The van der Waals surface area contributed by atoms with E-state index in [1.807, 2.05) is 0 Å². The summed E-state index contributed by atoms with van der Waals surface area (Å²) < 4.78 is 82.3. The monoisotopic (exact) mass is 488 g/mol. The summed E-state index contributed by atoms with van der Waals surface area (Å²) in [6, 6.07) is 11.4. The average Bonchev–Trinajstić information content (AvgIpc) is 2.78. The van der Waals surface area contributed by atoms with Gasteiger partial charge in [0.05, 0.1) is 13.2 Å². The summed E-state index contributed by atoms with van der Waals surface area (Å²) in [5.74, 6) is 2.98. The standard InChI is InChI=1S/C24H22F6O4/c1-2-17(6-4-10-22(33,23(25,26)27)24(28,29)30)18-5-3-7-21(12-18)34-15-16-8-9-19(13-31)20(11-16)14-32/h3,5-9,11-12,31-33H,2,13-15H2,1H3. The highest BCUT2D eigenvalue weighted by Gasteiger charge is 2.70. The molecular formula is C24H22F6O4. The molecule has 10 heteroatoms. The summed E-state index contributed by atoms with van der Waals surface area (Å²) in [6.07, 6.45) is -10.9. The first-order chi connectivity index (χ1) is 15.9. The van der Waals surface area contributed by atoms with Crippen molar-refractivity contribution in [3.8, 4) is 17.6 Å². The first-order valence-electron chi connectivity index (χ1n) is 9.99. The molecule has 0 fully saturated rings. The lowest BCUT2D eigenvalue weighted by Crippen LogP contribution is -2.55. The van der Waals surface area contributed by atoms with E-state index in [9.17, 15) is 36.6 Å². The zero-order valence-electron chi connectivity index (χ0n) is 18.0. The molecule has 0 amide bonds. The summed E-state index contributed by atoms with van der Waals surface area (Å²) in [4.78, 5) is 0. The van der Waals surface area contributed by atoms with Crippen LogP contribution in [-0.4, -0.2) is 33.3 Å². The maximum Gasteiger partial charge on any atom is 0.438 e. The lowest BCUT2D eigenvalue weighted by molar-refractivity contribution is -0.343. The molecule has 3 N–H and O–H groups in total. The van der Waals surface area contributed by atoms with Gasteiger partial charge >= 0.3 is 18.0 Å². The molecule has 34 heavy (non-hydrogen) atoms.